The summed E-state index contributed by atoms with van der Waals surface area (Å²) in [6.45, 7) is 2.39. The van der Waals surface area contributed by atoms with Crippen molar-refractivity contribution in [3.63, 3.8) is 0 Å². The SMILES string of the molecule is O=C(c1ccnc(N(Cc2ccccc2)c2ccccc2)c1)N1CCCC1. The van der Waals surface area contributed by atoms with Gasteiger partial charge in [0.25, 0.3) is 5.91 Å². The summed E-state index contributed by atoms with van der Waals surface area (Å²) >= 11 is 0. The summed E-state index contributed by atoms with van der Waals surface area (Å²) in [7, 11) is 0. The molecule has 2 heterocycles. The molecule has 0 radical (unpaired) electrons. The van der Waals surface area contributed by atoms with E-state index in [1.165, 1.54) is 5.56 Å². The van der Waals surface area contributed by atoms with Gasteiger partial charge >= 0.3 is 0 Å². The van der Waals surface area contributed by atoms with Crippen molar-refractivity contribution in [2.45, 2.75) is 19.4 Å². The van der Waals surface area contributed by atoms with E-state index in [1.807, 2.05) is 53.4 Å². The molecule has 0 atom stereocenters. The van der Waals surface area contributed by atoms with E-state index in [9.17, 15) is 4.79 Å². The van der Waals surface area contributed by atoms with Crippen LogP contribution in [0.5, 0.6) is 0 Å². The number of rotatable bonds is 5. The lowest BCUT2D eigenvalue weighted by Gasteiger charge is -2.25. The van der Waals surface area contributed by atoms with Crippen molar-refractivity contribution in [3.8, 4) is 0 Å². The van der Waals surface area contributed by atoms with Crippen molar-refractivity contribution in [1.82, 2.24) is 9.88 Å². The van der Waals surface area contributed by atoms with Crippen LogP contribution >= 0.6 is 0 Å². The highest BCUT2D eigenvalue weighted by Crippen LogP contribution is 2.27. The Kier molecular flexibility index (Phi) is 5.15. The first kappa shape index (κ1) is 17.3. The first-order valence-corrected chi connectivity index (χ1v) is 9.43. The number of hydrogen-bond donors (Lipinski definition) is 0. The van der Waals surface area contributed by atoms with E-state index in [4.69, 9.17) is 0 Å². The Morgan fingerprint density at radius 1 is 0.926 bits per heavy atom. The van der Waals surface area contributed by atoms with Crippen LogP contribution in [0.1, 0.15) is 28.8 Å². The standard InChI is InChI=1S/C23H23N3O/c27-23(25-15-7-8-16-25)20-13-14-24-22(17-20)26(21-11-5-2-6-12-21)18-19-9-3-1-4-10-19/h1-6,9-14,17H,7-8,15-16,18H2. The summed E-state index contributed by atoms with van der Waals surface area (Å²) in [5, 5.41) is 0. The minimum absolute atomic E-state index is 0.101. The van der Waals surface area contributed by atoms with E-state index < -0.39 is 0 Å². The summed E-state index contributed by atoms with van der Waals surface area (Å²) in [4.78, 5) is 21.5. The molecule has 0 bridgehead atoms. The predicted molar refractivity (Wildman–Crippen MR) is 108 cm³/mol. The first-order chi connectivity index (χ1) is 13.3. The van der Waals surface area contributed by atoms with Gasteiger partial charge in [0, 0.05) is 37.1 Å². The van der Waals surface area contributed by atoms with Gasteiger partial charge in [0.1, 0.15) is 5.82 Å². The van der Waals surface area contributed by atoms with Crippen LogP contribution in [0.25, 0.3) is 0 Å². The van der Waals surface area contributed by atoms with Gasteiger partial charge in [0.2, 0.25) is 0 Å². The molecule has 27 heavy (non-hydrogen) atoms. The van der Waals surface area contributed by atoms with Gasteiger partial charge < -0.3 is 9.80 Å². The van der Waals surface area contributed by atoms with Gasteiger partial charge in [-0.15, -0.1) is 0 Å². The number of carbonyl (C=O) groups is 1. The minimum Gasteiger partial charge on any atom is -0.339 e. The lowest BCUT2D eigenvalue weighted by atomic mass is 10.1. The van der Waals surface area contributed by atoms with E-state index in [0.717, 1.165) is 37.4 Å². The molecule has 1 aliphatic heterocycles. The van der Waals surface area contributed by atoms with Crippen molar-refractivity contribution in [2.75, 3.05) is 18.0 Å². The molecule has 1 aromatic heterocycles. The highest BCUT2D eigenvalue weighted by molar-refractivity contribution is 5.95. The summed E-state index contributed by atoms with van der Waals surface area (Å²) in [5.41, 5.74) is 2.95. The van der Waals surface area contributed by atoms with Crippen LogP contribution in [-0.2, 0) is 6.54 Å². The fraction of sp³-hybridized carbons (Fsp3) is 0.217. The van der Waals surface area contributed by atoms with E-state index in [1.54, 1.807) is 6.20 Å². The summed E-state index contributed by atoms with van der Waals surface area (Å²) in [6, 6.07) is 24.2. The Bertz CT molecular complexity index is 890. The van der Waals surface area contributed by atoms with Crippen molar-refractivity contribution >= 4 is 17.4 Å². The first-order valence-electron chi connectivity index (χ1n) is 9.43. The number of nitrogens with zero attached hydrogens (tertiary/aromatic N) is 3. The smallest absolute Gasteiger partial charge is 0.254 e. The second-order valence-corrected chi connectivity index (χ2v) is 6.81. The maximum atomic E-state index is 12.8. The Hall–Kier alpha value is -3.14. The fourth-order valence-corrected chi connectivity index (χ4v) is 3.48. The maximum absolute atomic E-state index is 12.8. The third-order valence-electron chi connectivity index (χ3n) is 4.91. The van der Waals surface area contributed by atoms with Crippen LogP contribution in [0.4, 0.5) is 11.5 Å². The van der Waals surface area contributed by atoms with Crippen molar-refractivity contribution in [1.29, 1.82) is 0 Å². The molecule has 4 nitrogen and oxygen atoms in total. The molecular weight excluding hydrogens is 334 g/mol. The molecule has 1 amide bonds. The van der Waals surface area contributed by atoms with Gasteiger partial charge in [-0.3, -0.25) is 4.79 Å². The third kappa shape index (κ3) is 4.00. The lowest BCUT2D eigenvalue weighted by Crippen LogP contribution is -2.28. The molecule has 4 heteroatoms. The van der Waals surface area contributed by atoms with Crippen LogP contribution < -0.4 is 4.90 Å². The number of pyridine rings is 1. The molecule has 4 rings (SSSR count). The van der Waals surface area contributed by atoms with Crippen molar-refractivity contribution in [3.05, 3.63) is 90.1 Å². The number of aromatic nitrogens is 1. The van der Waals surface area contributed by atoms with E-state index in [-0.39, 0.29) is 5.91 Å². The van der Waals surface area contributed by atoms with E-state index >= 15 is 0 Å². The average molecular weight is 357 g/mol. The molecule has 1 fully saturated rings. The summed E-state index contributed by atoms with van der Waals surface area (Å²) < 4.78 is 0. The number of amides is 1. The number of hydrogen-bond acceptors (Lipinski definition) is 3. The van der Waals surface area contributed by atoms with Gasteiger partial charge in [0.05, 0.1) is 0 Å². The normalized spacial score (nSPS) is 13.6. The molecule has 1 aliphatic rings. The van der Waals surface area contributed by atoms with Crippen LogP contribution in [0.3, 0.4) is 0 Å². The Morgan fingerprint density at radius 3 is 2.30 bits per heavy atom. The number of anilines is 2. The lowest BCUT2D eigenvalue weighted by molar-refractivity contribution is 0.0792. The highest BCUT2D eigenvalue weighted by Gasteiger charge is 2.21. The summed E-state index contributed by atoms with van der Waals surface area (Å²) in [5.74, 6) is 0.888. The zero-order chi connectivity index (χ0) is 18.5. The maximum Gasteiger partial charge on any atom is 0.254 e. The topological polar surface area (TPSA) is 36.4 Å². The predicted octanol–water partition coefficient (Wildman–Crippen LogP) is 4.66. The van der Waals surface area contributed by atoms with E-state index in [2.05, 4.69) is 34.1 Å². The molecule has 0 unspecified atom stereocenters. The largest absolute Gasteiger partial charge is 0.339 e. The summed E-state index contributed by atoms with van der Waals surface area (Å²) in [6.07, 6.45) is 3.92. The molecule has 0 N–H and O–H groups in total. The zero-order valence-corrected chi connectivity index (χ0v) is 15.3. The van der Waals surface area contributed by atoms with Gasteiger partial charge in [0.15, 0.2) is 0 Å². The Labute approximate surface area is 160 Å². The number of likely N-dealkylation sites (tertiary alicyclic amines) is 1. The Morgan fingerprint density at radius 2 is 1.59 bits per heavy atom. The number of benzene rings is 2. The molecule has 0 aliphatic carbocycles. The van der Waals surface area contributed by atoms with E-state index in [0.29, 0.717) is 12.1 Å². The fourth-order valence-electron chi connectivity index (χ4n) is 3.48. The number of carbonyl (C=O) groups excluding carboxylic acids is 1. The molecule has 0 spiro atoms. The Balaban J connectivity index is 1.67. The molecule has 0 saturated carbocycles. The molecule has 136 valence electrons. The van der Waals surface area contributed by atoms with Gasteiger partial charge in [-0.25, -0.2) is 4.98 Å². The molecule has 2 aromatic carbocycles. The number of para-hydroxylation sites is 1. The quantitative estimate of drug-likeness (QED) is 0.666. The molecule has 3 aromatic rings. The van der Waals surface area contributed by atoms with Gasteiger partial charge in [-0.2, -0.15) is 0 Å². The van der Waals surface area contributed by atoms with Crippen molar-refractivity contribution < 1.29 is 4.79 Å². The third-order valence-corrected chi connectivity index (χ3v) is 4.91. The zero-order valence-electron chi connectivity index (χ0n) is 15.3. The van der Waals surface area contributed by atoms with Crippen LogP contribution in [0.15, 0.2) is 79.0 Å². The van der Waals surface area contributed by atoms with Crippen molar-refractivity contribution in [2.24, 2.45) is 0 Å². The average Bonchev–Trinajstić information content (AvgIpc) is 3.28. The molecule has 1 saturated heterocycles. The molecular formula is C23H23N3O. The monoisotopic (exact) mass is 357 g/mol. The van der Waals surface area contributed by atoms with Gasteiger partial charge in [-0.1, -0.05) is 48.5 Å². The second-order valence-electron chi connectivity index (χ2n) is 6.81. The van der Waals surface area contributed by atoms with Crippen LogP contribution in [0, 0.1) is 0 Å². The van der Waals surface area contributed by atoms with Crippen LogP contribution in [-0.4, -0.2) is 28.9 Å². The van der Waals surface area contributed by atoms with Crippen LogP contribution in [0.2, 0.25) is 0 Å². The highest BCUT2D eigenvalue weighted by atomic mass is 16.2. The van der Waals surface area contributed by atoms with Gasteiger partial charge in [-0.05, 0) is 42.7 Å². The minimum atomic E-state index is 0.101. The second kappa shape index (κ2) is 8.04.